The van der Waals surface area contributed by atoms with Crippen molar-refractivity contribution in [2.75, 3.05) is 19.5 Å². The Morgan fingerprint density at radius 2 is 1.72 bits per heavy atom. The Kier molecular flexibility index (Phi) is 6.33. The average molecular weight is 349 g/mol. The Morgan fingerprint density at radius 1 is 1.04 bits per heavy atom. The van der Waals surface area contributed by atoms with E-state index in [0.29, 0.717) is 22.7 Å². The molecule has 2 aromatic carbocycles. The van der Waals surface area contributed by atoms with Gasteiger partial charge in [-0.25, -0.2) is 0 Å². The van der Waals surface area contributed by atoms with Gasteiger partial charge in [0.15, 0.2) is 0 Å². The SMILES string of the molecule is COc1ccc(OC)c(NC(=O)/C=C/c2ccc(OC(F)F)cc2)c1. The molecule has 7 heteroatoms. The number of nitrogens with one attached hydrogen (secondary N) is 1. The lowest BCUT2D eigenvalue weighted by Crippen LogP contribution is -2.09. The monoisotopic (exact) mass is 349 g/mol. The van der Waals surface area contributed by atoms with Crippen molar-refractivity contribution < 1.29 is 27.8 Å². The normalized spacial score (nSPS) is 10.8. The van der Waals surface area contributed by atoms with Gasteiger partial charge in [0.2, 0.25) is 5.91 Å². The van der Waals surface area contributed by atoms with Crippen molar-refractivity contribution in [2.45, 2.75) is 6.61 Å². The molecular weight excluding hydrogens is 332 g/mol. The van der Waals surface area contributed by atoms with E-state index in [1.54, 1.807) is 36.4 Å². The molecule has 0 atom stereocenters. The number of halogens is 2. The third-order valence-electron chi connectivity index (χ3n) is 3.20. The third-order valence-corrected chi connectivity index (χ3v) is 3.20. The highest BCUT2D eigenvalue weighted by Crippen LogP contribution is 2.28. The lowest BCUT2D eigenvalue weighted by atomic mass is 10.2. The lowest BCUT2D eigenvalue weighted by molar-refractivity contribution is -0.111. The molecule has 0 aliphatic heterocycles. The maximum absolute atomic E-state index is 12.1. The molecule has 0 aliphatic rings. The van der Waals surface area contributed by atoms with Crippen molar-refractivity contribution in [3.8, 4) is 17.2 Å². The third kappa shape index (κ3) is 5.49. The van der Waals surface area contributed by atoms with Gasteiger partial charge in [-0.1, -0.05) is 12.1 Å². The summed E-state index contributed by atoms with van der Waals surface area (Å²) in [5.41, 5.74) is 1.13. The zero-order valence-corrected chi connectivity index (χ0v) is 13.7. The molecule has 0 fully saturated rings. The fourth-order valence-electron chi connectivity index (χ4n) is 2.02. The van der Waals surface area contributed by atoms with Crippen LogP contribution in [0.5, 0.6) is 17.2 Å². The van der Waals surface area contributed by atoms with E-state index in [0.717, 1.165) is 0 Å². The minimum Gasteiger partial charge on any atom is -0.497 e. The second-order valence-electron chi connectivity index (χ2n) is 4.84. The number of benzene rings is 2. The van der Waals surface area contributed by atoms with Crippen molar-refractivity contribution in [3.05, 3.63) is 54.1 Å². The summed E-state index contributed by atoms with van der Waals surface area (Å²) >= 11 is 0. The van der Waals surface area contributed by atoms with E-state index in [1.807, 2.05) is 0 Å². The molecule has 0 saturated heterocycles. The molecule has 0 heterocycles. The molecule has 132 valence electrons. The molecule has 1 N–H and O–H groups in total. The van der Waals surface area contributed by atoms with E-state index >= 15 is 0 Å². The minimum atomic E-state index is -2.87. The van der Waals surface area contributed by atoms with Crippen LogP contribution in [0.2, 0.25) is 0 Å². The average Bonchev–Trinajstić information content (AvgIpc) is 2.60. The van der Waals surface area contributed by atoms with Crippen LogP contribution in [0.4, 0.5) is 14.5 Å². The molecule has 0 spiro atoms. The van der Waals surface area contributed by atoms with Crippen LogP contribution < -0.4 is 19.5 Å². The highest BCUT2D eigenvalue weighted by molar-refractivity contribution is 6.02. The largest absolute Gasteiger partial charge is 0.497 e. The number of ether oxygens (including phenoxy) is 3. The molecule has 2 aromatic rings. The van der Waals surface area contributed by atoms with Crippen molar-refractivity contribution in [1.29, 1.82) is 0 Å². The van der Waals surface area contributed by atoms with Crippen LogP contribution in [-0.2, 0) is 4.79 Å². The zero-order valence-electron chi connectivity index (χ0n) is 13.7. The van der Waals surface area contributed by atoms with Crippen LogP contribution in [0.25, 0.3) is 6.08 Å². The van der Waals surface area contributed by atoms with Crippen molar-refractivity contribution in [2.24, 2.45) is 0 Å². The first kappa shape index (κ1) is 18.3. The number of rotatable bonds is 7. The Labute approximate surface area is 143 Å². The van der Waals surface area contributed by atoms with Gasteiger partial charge in [-0.15, -0.1) is 0 Å². The zero-order chi connectivity index (χ0) is 18.2. The van der Waals surface area contributed by atoms with E-state index in [9.17, 15) is 13.6 Å². The van der Waals surface area contributed by atoms with E-state index in [4.69, 9.17) is 9.47 Å². The van der Waals surface area contributed by atoms with Crippen LogP contribution in [0.3, 0.4) is 0 Å². The van der Waals surface area contributed by atoms with E-state index in [1.165, 1.54) is 32.4 Å². The smallest absolute Gasteiger partial charge is 0.387 e. The number of alkyl halides is 2. The summed E-state index contributed by atoms with van der Waals surface area (Å²) in [6, 6.07) is 11.0. The summed E-state index contributed by atoms with van der Waals surface area (Å²) in [7, 11) is 3.02. The highest BCUT2D eigenvalue weighted by Gasteiger charge is 2.07. The van der Waals surface area contributed by atoms with Crippen molar-refractivity contribution >= 4 is 17.7 Å². The van der Waals surface area contributed by atoms with Crippen LogP contribution in [0.1, 0.15) is 5.56 Å². The van der Waals surface area contributed by atoms with Gasteiger partial charge in [-0.3, -0.25) is 4.79 Å². The van der Waals surface area contributed by atoms with E-state index < -0.39 is 6.61 Å². The lowest BCUT2D eigenvalue weighted by Gasteiger charge is -2.10. The number of amides is 1. The maximum atomic E-state index is 12.1. The molecule has 0 aliphatic carbocycles. The number of hydrogen-bond acceptors (Lipinski definition) is 4. The first-order valence-electron chi connectivity index (χ1n) is 7.28. The highest BCUT2D eigenvalue weighted by atomic mass is 19.3. The molecule has 5 nitrogen and oxygen atoms in total. The van der Waals surface area contributed by atoms with Gasteiger partial charge >= 0.3 is 6.61 Å². The number of anilines is 1. The van der Waals surface area contributed by atoms with Gasteiger partial charge < -0.3 is 19.5 Å². The van der Waals surface area contributed by atoms with Gasteiger partial charge in [-0.05, 0) is 35.9 Å². The van der Waals surface area contributed by atoms with Gasteiger partial charge in [0.1, 0.15) is 17.2 Å². The summed E-state index contributed by atoms with van der Waals surface area (Å²) < 4.78 is 38.7. The second kappa shape index (κ2) is 8.68. The number of carbonyl (C=O) groups is 1. The van der Waals surface area contributed by atoms with Crippen molar-refractivity contribution in [1.82, 2.24) is 0 Å². The molecule has 1 amide bonds. The molecule has 0 radical (unpaired) electrons. The Hall–Kier alpha value is -3.09. The number of carbonyl (C=O) groups excluding carboxylic acids is 1. The fraction of sp³-hybridized carbons (Fsp3) is 0.167. The van der Waals surface area contributed by atoms with Gasteiger partial charge in [0, 0.05) is 12.1 Å². The van der Waals surface area contributed by atoms with Gasteiger partial charge in [0.05, 0.1) is 19.9 Å². The van der Waals surface area contributed by atoms with Crippen LogP contribution >= 0.6 is 0 Å². The van der Waals surface area contributed by atoms with Crippen LogP contribution in [-0.4, -0.2) is 26.7 Å². The first-order chi connectivity index (χ1) is 12.0. The summed E-state index contributed by atoms with van der Waals surface area (Å²) in [6.45, 7) is -2.87. The molecule has 0 aromatic heterocycles. The quantitative estimate of drug-likeness (QED) is 0.769. The number of hydrogen-bond donors (Lipinski definition) is 1. The van der Waals surface area contributed by atoms with E-state index in [-0.39, 0.29) is 11.7 Å². The van der Waals surface area contributed by atoms with Gasteiger partial charge in [-0.2, -0.15) is 8.78 Å². The fourth-order valence-corrected chi connectivity index (χ4v) is 2.02. The summed E-state index contributed by atoms with van der Waals surface area (Å²) in [5, 5.41) is 2.69. The molecule has 0 saturated carbocycles. The molecule has 2 rings (SSSR count). The molecular formula is C18H17F2NO4. The topological polar surface area (TPSA) is 56.8 Å². The Balaban J connectivity index is 2.03. The molecule has 0 unspecified atom stereocenters. The van der Waals surface area contributed by atoms with Crippen molar-refractivity contribution in [3.63, 3.8) is 0 Å². The maximum Gasteiger partial charge on any atom is 0.387 e. The second-order valence-corrected chi connectivity index (χ2v) is 4.84. The van der Waals surface area contributed by atoms with Crippen LogP contribution in [0.15, 0.2) is 48.5 Å². The Morgan fingerprint density at radius 3 is 2.32 bits per heavy atom. The predicted octanol–water partition coefficient (Wildman–Crippen LogP) is 3.96. The molecule has 25 heavy (non-hydrogen) atoms. The predicted molar refractivity (Wildman–Crippen MR) is 90.3 cm³/mol. The Bertz CT molecular complexity index is 745. The first-order valence-corrected chi connectivity index (χ1v) is 7.28. The number of methoxy groups -OCH3 is 2. The molecule has 0 bridgehead atoms. The summed E-state index contributed by atoms with van der Waals surface area (Å²) in [6.07, 6.45) is 2.87. The minimum absolute atomic E-state index is 0.0534. The standard InChI is InChI=1S/C18H17F2NO4/c1-23-14-8-9-16(24-2)15(11-14)21-17(22)10-5-12-3-6-13(7-4-12)25-18(19)20/h3-11,18H,1-2H3,(H,21,22)/b10-5+. The van der Waals surface area contributed by atoms with E-state index in [2.05, 4.69) is 10.1 Å². The van der Waals surface area contributed by atoms with Gasteiger partial charge in [0.25, 0.3) is 0 Å². The summed E-state index contributed by atoms with van der Waals surface area (Å²) in [5.74, 6) is 0.753. The van der Waals surface area contributed by atoms with Crippen LogP contribution in [0, 0.1) is 0 Å². The summed E-state index contributed by atoms with van der Waals surface area (Å²) in [4.78, 5) is 12.0.